The SMILES string of the molecule is CCCCSCCC(=O)OCCOc1ccc(Cc2ccc(OCCOC(=O)CCSCCC[Si](C)(OC)OC)cc2)cc1. The van der Waals surface area contributed by atoms with E-state index in [0.717, 1.165) is 64.5 Å². The van der Waals surface area contributed by atoms with Crippen molar-refractivity contribution < 1.29 is 37.4 Å². The average Bonchev–Trinajstić information content (AvgIpc) is 3.04. The van der Waals surface area contributed by atoms with Crippen LogP contribution in [-0.2, 0) is 34.3 Å². The van der Waals surface area contributed by atoms with Gasteiger partial charge in [-0.3, -0.25) is 9.59 Å². The number of thioether (sulfide) groups is 2. The van der Waals surface area contributed by atoms with Gasteiger partial charge in [0.25, 0.3) is 0 Å². The van der Waals surface area contributed by atoms with Gasteiger partial charge in [0, 0.05) is 25.7 Å². The Morgan fingerprint density at radius 1 is 0.659 bits per heavy atom. The van der Waals surface area contributed by atoms with Crippen LogP contribution in [0.5, 0.6) is 11.5 Å². The van der Waals surface area contributed by atoms with Gasteiger partial charge in [0.2, 0.25) is 0 Å². The van der Waals surface area contributed by atoms with E-state index >= 15 is 0 Å². The number of esters is 2. The third kappa shape index (κ3) is 17.3. The molecule has 0 aliphatic heterocycles. The van der Waals surface area contributed by atoms with Gasteiger partial charge >= 0.3 is 20.5 Å². The summed E-state index contributed by atoms with van der Waals surface area (Å²) in [6, 6.07) is 16.8. The van der Waals surface area contributed by atoms with Crippen LogP contribution in [0, 0.1) is 0 Å². The highest BCUT2D eigenvalue weighted by Gasteiger charge is 2.27. The standard InChI is InChI=1S/C33H50O8S2Si/c1-5-6-22-42-24-16-32(34)40-20-18-38-30-12-8-28(9-13-30)27-29-10-14-31(15-11-29)39-19-21-41-33(35)17-25-43-23-7-26-44(4,36-2)37-3/h8-15H,5-7,16-27H2,1-4H3. The Morgan fingerprint density at radius 3 is 1.55 bits per heavy atom. The van der Waals surface area contributed by atoms with E-state index in [9.17, 15) is 9.59 Å². The van der Waals surface area contributed by atoms with Crippen LogP contribution in [0.2, 0.25) is 12.6 Å². The summed E-state index contributed by atoms with van der Waals surface area (Å²) in [6.07, 6.45) is 4.99. The average molecular weight is 667 g/mol. The fourth-order valence-electron chi connectivity index (χ4n) is 3.96. The van der Waals surface area contributed by atoms with Gasteiger partial charge in [-0.25, -0.2) is 0 Å². The number of rotatable bonds is 25. The van der Waals surface area contributed by atoms with Crippen LogP contribution in [0.15, 0.2) is 48.5 Å². The van der Waals surface area contributed by atoms with Gasteiger partial charge in [-0.05, 0) is 78.8 Å². The lowest BCUT2D eigenvalue weighted by molar-refractivity contribution is -0.144. The molecular formula is C33H50O8S2Si. The molecule has 0 spiro atoms. The molecule has 246 valence electrons. The normalized spacial score (nSPS) is 11.3. The van der Waals surface area contributed by atoms with Gasteiger partial charge in [0.1, 0.15) is 37.9 Å². The van der Waals surface area contributed by atoms with Crippen molar-refractivity contribution >= 4 is 44.0 Å². The van der Waals surface area contributed by atoms with Crippen molar-refractivity contribution in [2.75, 3.05) is 63.7 Å². The van der Waals surface area contributed by atoms with Crippen LogP contribution in [0.3, 0.4) is 0 Å². The number of carbonyl (C=O) groups excluding carboxylic acids is 2. The number of carbonyl (C=O) groups is 2. The zero-order chi connectivity index (χ0) is 31.9. The van der Waals surface area contributed by atoms with E-state index in [0.29, 0.717) is 26.1 Å². The molecule has 11 heteroatoms. The van der Waals surface area contributed by atoms with Crippen LogP contribution in [0.25, 0.3) is 0 Å². The van der Waals surface area contributed by atoms with Crippen molar-refractivity contribution in [3.05, 3.63) is 59.7 Å². The molecule has 0 aliphatic carbocycles. The lowest BCUT2D eigenvalue weighted by Crippen LogP contribution is -2.35. The lowest BCUT2D eigenvalue weighted by Gasteiger charge is -2.22. The summed E-state index contributed by atoms with van der Waals surface area (Å²) in [4.78, 5) is 23.8. The fourth-order valence-corrected chi connectivity index (χ4v) is 7.48. The highest BCUT2D eigenvalue weighted by molar-refractivity contribution is 7.99. The Kier molecular flexibility index (Phi) is 20.0. The predicted octanol–water partition coefficient (Wildman–Crippen LogP) is 6.92. The van der Waals surface area contributed by atoms with Crippen LogP contribution in [0.1, 0.15) is 50.2 Å². The number of hydrogen-bond donors (Lipinski definition) is 0. The molecule has 0 fully saturated rings. The first-order chi connectivity index (χ1) is 21.4. The minimum atomic E-state index is -2.00. The first kappa shape index (κ1) is 38.0. The Bertz CT molecular complexity index is 1050. The maximum Gasteiger partial charge on any atom is 0.334 e. The van der Waals surface area contributed by atoms with Crippen molar-refractivity contribution in [1.29, 1.82) is 0 Å². The largest absolute Gasteiger partial charge is 0.490 e. The zero-order valence-corrected chi connectivity index (χ0v) is 29.4. The van der Waals surface area contributed by atoms with Gasteiger partial charge in [0.15, 0.2) is 0 Å². The predicted molar refractivity (Wildman–Crippen MR) is 182 cm³/mol. The van der Waals surface area contributed by atoms with Gasteiger partial charge in [-0.1, -0.05) is 37.6 Å². The highest BCUT2D eigenvalue weighted by Crippen LogP contribution is 2.19. The minimum Gasteiger partial charge on any atom is -0.490 e. The molecule has 0 unspecified atom stereocenters. The maximum atomic E-state index is 12.0. The van der Waals surface area contributed by atoms with Crippen LogP contribution >= 0.6 is 23.5 Å². The number of unbranched alkanes of at least 4 members (excludes halogenated alkanes) is 1. The number of hydrogen-bond acceptors (Lipinski definition) is 10. The second-order valence-electron chi connectivity index (χ2n) is 10.3. The molecule has 0 radical (unpaired) electrons. The number of benzene rings is 2. The van der Waals surface area contributed by atoms with Gasteiger partial charge in [-0.15, -0.1) is 0 Å². The van der Waals surface area contributed by atoms with Crippen molar-refractivity contribution in [3.63, 3.8) is 0 Å². The van der Waals surface area contributed by atoms with Crippen LogP contribution in [-0.4, -0.2) is 84.2 Å². The van der Waals surface area contributed by atoms with E-state index in [1.54, 1.807) is 37.7 Å². The van der Waals surface area contributed by atoms with Crippen molar-refractivity contribution in [3.8, 4) is 11.5 Å². The quantitative estimate of drug-likeness (QED) is 0.0632. The van der Waals surface area contributed by atoms with Gasteiger partial charge < -0.3 is 27.8 Å². The summed E-state index contributed by atoms with van der Waals surface area (Å²) in [5.74, 6) is 4.73. The van der Waals surface area contributed by atoms with Gasteiger partial charge in [-0.2, -0.15) is 23.5 Å². The van der Waals surface area contributed by atoms with Crippen molar-refractivity contribution in [1.82, 2.24) is 0 Å². The molecule has 0 saturated heterocycles. The van der Waals surface area contributed by atoms with E-state index in [2.05, 4.69) is 13.5 Å². The Labute approximate surface area is 273 Å². The van der Waals surface area contributed by atoms with Crippen LogP contribution in [0.4, 0.5) is 0 Å². The van der Waals surface area contributed by atoms with Crippen molar-refractivity contribution in [2.24, 2.45) is 0 Å². The summed E-state index contributed by atoms with van der Waals surface area (Å²) in [7, 11) is 1.41. The second-order valence-corrected chi connectivity index (χ2v) is 16.4. The summed E-state index contributed by atoms with van der Waals surface area (Å²) in [5.41, 5.74) is 2.32. The molecule has 0 atom stereocenters. The third-order valence-corrected chi connectivity index (χ3v) is 11.9. The van der Waals surface area contributed by atoms with Crippen molar-refractivity contribution in [2.45, 2.75) is 58.0 Å². The Hall–Kier alpha value is -2.18. The monoisotopic (exact) mass is 666 g/mol. The first-order valence-electron chi connectivity index (χ1n) is 15.4. The van der Waals surface area contributed by atoms with E-state index in [1.165, 1.54) is 12.8 Å². The molecule has 0 saturated carbocycles. The molecule has 0 amide bonds. The zero-order valence-electron chi connectivity index (χ0n) is 26.8. The minimum absolute atomic E-state index is 0.171. The smallest absolute Gasteiger partial charge is 0.334 e. The fraction of sp³-hybridized carbons (Fsp3) is 0.576. The summed E-state index contributed by atoms with van der Waals surface area (Å²) < 4.78 is 33.0. The third-order valence-electron chi connectivity index (χ3n) is 6.81. The molecule has 0 aromatic heterocycles. The maximum absolute atomic E-state index is 12.0. The number of ether oxygens (including phenoxy) is 4. The molecule has 8 nitrogen and oxygen atoms in total. The van der Waals surface area contributed by atoms with E-state index in [4.69, 9.17) is 27.8 Å². The second kappa shape index (κ2) is 23.2. The van der Waals surface area contributed by atoms with E-state index in [1.807, 2.05) is 48.5 Å². The summed E-state index contributed by atoms with van der Waals surface area (Å²) in [6.45, 7) is 5.35. The molecule has 44 heavy (non-hydrogen) atoms. The summed E-state index contributed by atoms with van der Waals surface area (Å²) >= 11 is 3.54. The van der Waals surface area contributed by atoms with E-state index in [-0.39, 0.29) is 25.2 Å². The summed E-state index contributed by atoms with van der Waals surface area (Å²) in [5, 5.41) is 0. The molecular weight excluding hydrogens is 617 g/mol. The molecule has 0 bridgehead atoms. The van der Waals surface area contributed by atoms with Crippen LogP contribution < -0.4 is 9.47 Å². The molecule has 2 rings (SSSR count). The van der Waals surface area contributed by atoms with E-state index < -0.39 is 8.56 Å². The molecule has 0 aliphatic rings. The van der Waals surface area contributed by atoms with Gasteiger partial charge in [0.05, 0.1) is 12.8 Å². The molecule has 2 aromatic rings. The lowest BCUT2D eigenvalue weighted by atomic mass is 10.0. The molecule has 2 aromatic carbocycles. The first-order valence-corrected chi connectivity index (χ1v) is 20.2. The molecule has 0 heterocycles. The molecule has 0 N–H and O–H groups in total. The highest BCUT2D eigenvalue weighted by atomic mass is 32.2. The Balaban J connectivity index is 1.54. The topological polar surface area (TPSA) is 89.5 Å². The Morgan fingerprint density at radius 2 is 1.11 bits per heavy atom.